The van der Waals surface area contributed by atoms with E-state index >= 15 is 0 Å². The molecule has 6 heteroatoms. The molecule has 3 heterocycles. The van der Waals surface area contributed by atoms with Crippen molar-refractivity contribution in [2.75, 3.05) is 0 Å². The van der Waals surface area contributed by atoms with Gasteiger partial charge in [0.2, 0.25) is 0 Å². The van der Waals surface area contributed by atoms with E-state index in [0.717, 1.165) is 16.9 Å². The molecule has 0 aliphatic carbocycles. The van der Waals surface area contributed by atoms with Crippen molar-refractivity contribution >= 4 is 11.6 Å². The summed E-state index contributed by atoms with van der Waals surface area (Å²) in [5.74, 6) is 0.988. The van der Waals surface area contributed by atoms with E-state index in [1.54, 1.807) is 36.9 Å². The number of aryl methyl sites for hydroxylation is 1. The van der Waals surface area contributed by atoms with Gasteiger partial charge in [-0.3, -0.25) is 4.98 Å². The molecule has 0 bridgehead atoms. The Kier molecular flexibility index (Phi) is 4.53. The number of hydrogen-bond donors (Lipinski definition) is 0. The highest BCUT2D eigenvalue weighted by atomic mass is 16.5. The van der Waals surface area contributed by atoms with Gasteiger partial charge >= 0.3 is 5.97 Å². The number of fused-ring (bicyclic) bond motifs is 1. The van der Waals surface area contributed by atoms with Crippen LogP contribution in [0.1, 0.15) is 21.6 Å². The number of esters is 1. The zero-order valence-corrected chi connectivity index (χ0v) is 14.7. The molecule has 4 rings (SSSR count). The molecule has 0 atom stereocenters. The second-order valence-electron chi connectivity index (χ2n) is 6.06. The van der Waals surface area contributed by atoms with Gasteiger partial charge in [-0.25, -0.2) is 9.78 Å². The highest BCUT2D eigenvalue weighted by Gasteiger charge is 2.10. The fourth-order valence-corrected chi connectivity index (χ4v) is 2.65. The van der Waals surface area contributed by atoms with Crippen LogP contribution in [0.25, 0.3) is 5.65 Å². The molecule has 6 nitrogen and oxygen atoms in total. The molecule has 0 aliphatic heterocycles. The Morgan fingerprint density at radius 2 is 1.89 bits per heavy atom. The Labute approximate surface area is 156 Å². The molecule has 0 N–H and O–H groups in total. The fraction of sp³-hybridized carbons (Fsp3) is 0.0952. The van der Waals surface area contributed by atoms with Crippen molar-refractivity contribution in [3.8, 4) is 11.5 Å². The van der Waals surface area contributed by atoms with E-state index in [4.69, 9.17) is 9.47 Å². The van der Waals surface area contributed by atoms with Gasteiger partial charge in [0.25, 0.3) is 0 Å². The SMILES string of the molecule is Cc1cnc2ccc(C(=O)OCc3ccc(Oc4cccnc4)cc3)cn12. The maximum Gasteiger partial charge on any atom is 0.339 e. The number of pyridine rings is 2. The minimum Gasteiger partial charge on any atom is -0.457 e. The molecule has 4 aromatic rings. The van der Waals surface area contributed by atoms with Crippen LogP contribution in [0, 0.1) is 6.92 Å². The highest BCUT2D eigenvalue weighted by molar-refractivity contribution is 5.89. The van der Waals surface area contributed by atoms with Crippen molar-refractivity contribution in [2.24, 2.45) is 0 Å². The second-order valence-corrected chi connectivity index (χ2v) is 6.06. The number of aromatic nitrogens is 3. The fourth-order valence-electron chi connectivity index (χ4n) is 2.65. The van der Waals surface area contributed by atoms with E-state index < -0.39 is 0 Å². The maximum absolute atomic E-state index is 12.3. The average molecular weight is 359 g/mol. The van der Waals surface area contributed by atoms with E-state index in [1.807, 2.05) is 47.7 Å². The Morgan fingerprint density at radius 3 is 2.67 bits per heavy atom. The molecule has 134 valence electrons. The molecule has 0 fully saturated rings. The van der Waals surface area contributed by atoms with Gasteiger partial charge < -0.3 is 13.9 Å². The van der Waals surface area contributed by atoms with Crippen molar-refractivity contribution in [1.82, 2.24) is 14.4 Å². The van der Waals surface area contributed by atoms with Crippen molar-refractivity contribution < 1.29 is 14.3 Å². The lowest BCUT2D eigenvalue weighted by molar-refractivity contribution is 0.0472. The number of carbonyl (C=O) groups excluding carboxylic acids is 1. The zero-order valence-electron chi connectivity index (χ0n) is 14.7. The van der Waals surface area contributed by atoms with Crippen LogP contribution in [0.15, 0.2) is 73.3 Å². The summed E-state index contributed by atoms with van der Waals surface area (Å²) in [4.78, 5) is 20.6. The largest absolute Gasteiger partial charge is 0.457 e. The molecule has 0 amide bonds. The summed E-state index contributed by atoms with van der Waals surface area (Å²) < 4.78 is 13.0. The van der Waals surface area contributed by atoms with Gasteiger partial charge in [-0.2, -0.15) is 0 Å². The first-order valence-corrected chi connectivity index (χ1v) is 8.47. The van der Waals surface area contributed by atoms with Gasteiger partial charge in [0.15, 0.2) is 0 Å². The van der Waals surface area contributed by atoms with Crippen molar-refractivity contribution in [3.63, 3.8) is 0 Å². The standard InChI is InChI=1S/C21H17N3O3/c1-15-11-23-20-9-6-17(13-24(15)20)21(25)26-14-16-4-7-18(8-5-16)27-19-3-2-10-22-12-19/h2-13H,14H2,1H3. The monoisotopic (exact) mass is 359 g/mol. The molecule has 0 aliphatic rings. The van der Waals surface area contributed by atoms with Gasteiger partial charge in [0, 0.05) is 24.3 Å². The van der Waals surface area contributed by atoms with Gasteiger partial charge in [0.1, 0.15) is 23.8 Å². The minimum atomic E-state index is -0.374. The smallest absolute Gasteiger partial charge is 0.339 e. The lowest BCUT2D eigenvalue weighted by Gasteiger charge is -2.08. The van der Waals surface area contributed by atoms with E-state index in [-0.39, 0.29) is 12.6 Å². The van der Waals surface area contributed by atoms with Gasteiger partial charge in [-0.05, 0) is 48.9 Å². The Balaban J connectivity index is 1.38. The molecule has 27 heavy (non-hydrogen) atoms. The first kappa shape index (κ1) is 16.8. The van der Waals surface area contributed by atoms with Crippen LogP contribution in [0.2, 0.25) is 0 Å². The summed E-state index contributed by atoms with van der Waals surface area (Å²) in [5, 5.41) is 0. The van der Waals surface area contributed by atoms with Crippen LogP contribution in [0.5, 0.6) is 11.5 Å². The topological polar surface area (TPSA) is 65.7 Å². The maximum atomic E-state index is 12.3. The summed E-state index contributed by atoms with van der Waals surface area (Å²) >= 11 is 0. The quantitative estimate of drug-likeness (QED) is 0.500. The molecule has 0 saturated heterocycles. The number of hydrogen-bond acceptors (Lipinski definition) is 5. The minimum absolute atomic E-state index is 0.187. The Hall–Kier alpha value is -3.67. The molecular weight excluding hydrogens is 342 g/mol. The third-order valence-electron chi connectivity index (χ3n) is 4.09. The molecular formula is C21H17N3O3. The van der Waals surface area contributed by atoms with E-state index in [1.165, 1.54) is 0 Å². The first-order valence-electron chi connectivity index (χ1n) is 8.47. The van der Waals surface area contributed by atoms with E-state index in [0.29, 0.717) is 17.1 Å². The average Bonchev–Trinajstić information content (AvgIpc) is 3.08. The van der Waals surface area contributed by atoms with Gasteiger partial charge in [0.05, 0.1) is 11.8 Å². The van der Waals surface area contributed by atoms with Crippen LogP contribution in [-0.4, -0.2) is 20.3 Å². The van der Waals surface area contributed by atoms with Crippen molar-refractivity contribution in [3.05, 3.63) is 90.1 Å². The third-order valence-corrected chi connectivity index (χ3v) is 4.09. The summed E-state index contributed by atoms with van der Waals surface area (Å²) in [6, 6.07) is 14.6. The zero-order chi connectivity index (χ0) is 18.6. The predicted molar refractivity (Wildman–Crippen MR) is 99.8 cm³/mol. The highest BCUT2D eigenvalue weighted by Crippen LogP contribution is 2.21. The van der Waals surface area contributed by atoms with Crippen LogP contribution < -0.4 is 4.74 Å². The van der Waals surface area contributed by atoms with Crippen LogP contribution in [-0.2, 0) is 11.3 Å². The normalized spacial score (nSPS) is 10.7. The van der Waals surface area contributed by atoms with Crippen LogP contribution in [0.4, 0.5) is 0 Å². The number of nitrogens with zero attached hydrogens (tertiary/aromatic N) is 3. The van der Waals surface area contributed by atoms with Crippen molar-refractivity contribution in [2.45, 2.75) is 13.5 Å². The lowest BCUT2D eigenvalue weighted by atomic mass is 10.2. The molecule has 0 saturated carbocycles. The summed E-state index contributed by atoms with van der Waals surface area (Å²) in [6.07, 6.45) is 6.84. The van der Waals surface area contributed by atoms with Crippen LogP contribution in [0.3, 0.4) is 0 Å². The number of ether oxygens (including phenoxy) is 2. The number of benzene rings is 1. The number of imidazole rings is 1. The first-order chi connectivity index (χ1) is 13.2. The molecule has 3 aromatic heterocycles. The molecule has 0 radical (unpaired) electrons. The Bertz CT molecular complexity index is 1070. The van der Waals surface area contributed by atoms with E-state index in [9.17, 15) is 4.79 Å². The number of carbonyl (C=O) groups is 1. The number of rotatable bonds is 5. The van der Waals surface area contributed by atoms with Gasteiger partial charge in [-0.1, -0.05) is 12.1 Å². The lowest BCUT2D eigenvalue weighted by Crippen LogP contribution is -2.06. The summed E-state index contributed by atoms with van der Waals surface area (Å²) in [7, 11) is 0. The predicted octanol–water partition coefficient (Wildman–Crippen LogP) is 4.19. The molecule has 0 unspecified atom stereocenters. The van der Waals surface area contributed by atoms with Crippen LogP contribution >= 0.6 is 0 Å². The molecule has 1 aromatic carbocycles. The summed E-state index contributed by atoms with van der Waals surface area (Å²) in [6.45, 7) is 2.12. The van der Waals surface area contributed by atoms with Gasteiger partial charge in [-0.15, -0.1) is 0 Å². The Morgan fingerprint density at radius 1 is 1.04 bits per heavy atom. The second kappa shape index (κ2) is 7.29. The third kappa shape index (κ3) is 3.79. The van der Waals surface area contributed by atoms with E-state index in [2.05, 4.69) is 9.97 Å². The van der Waals surface area contributed by atoms with Crippen molar-refractivity contribution in [1.29, 1.82) is 0 Å². The molecule has 0 spiro atoms. The summed E-state index contributed by atoms with van der Waals surface area (Å²) in [5.41, 5.74) is 3.12.